The van der Waals surface area contributed by atoms with E-state index < -0.39 is 0 Å². The molecule has 0 aromatic carbocycles. The van der Waals surface area contributed by atoms with E-state index in [0.717, 1.165) is 5.69 Å². The van der Waals surface area contributed by atoms with E-state index in [0.29, 0.717) is 22.6 Å². The van der Waals surface area contributed by atoms with Crippen LogP contribution in [0.5, 0.6) is 0 Å². The first kappa shape index (κ1) is 13.7. The van der Waals surface area contributed by atoms with Crippen LogP contribution in [-0.4, -0.2) is 39.7 Å². The number of carbonyl (C=O) groups excluding carboxylic acids is 1. The predicted octanol–water partition coefficient (Wildman–Crippen LogP) is 1.46. The summed E-state index contributed by atoms with van der Waals surface area (Å²) in [6, 6.07) is 5.55. The maximum absolute atomic E-state index is 11.9. The minimum atomic E-state index is -0.176. The lowest BCUT2D eigenvalue weighted by molar-refractivity contribution is 0.0821. The largest absolute Gasteiger partial charge is 0.343 e. The van der Waals surface area contributed by atoms with E-state index in [1.54, 1.807) is 39.3 Å². The highest BCUT2D eigenvalue weighted by Gasteiger charge is 2.15. The molecule has 0 radical (unpaired) electrons. The smallest absolute Gasteiger partial charge is 0.273 e. The summed E-state index contributed by atoms with van der Waals surface area (Å²) in [6.45, 7) is 3.64. The minimum Gasteiger partial charge on any atom is -0.343 e. The third kappa shape index (κ3) is 2.38. The molecule has 0 N–H and O–H groups in total. The molecule has 6 heteroatoms. The van der Waals surface area contributed by atoms with Gasteiger partial charge < -0.3 is 4.90 Å². The molecule has 1 amide bonds. The number of carbonyl (C=O) groups is 1. The third-order valence-corrected chi connectivity index (χ3v) is 2.88. The molecule has 0 fully saturated rings. The van der Waals surface area contributed by atoms with Gasteiger partial charge in [-0.15, -0.1) is 0 Å². The average Bonchev–Trinajstić information content (AvgIpc) is 2.86. The van der Waals surface area contributed by atoms with Crippen molar-refractivity contribution in [1.29, 1.82) is 5.26 Å². The van der Waals surface area contributed by atoms with Gasteiger partial charge in [0.25, 0.3) is 5.91 Å². The Morgan fingerprint density at radius 1 is 1.40 bits per heavy atom. The number of nitrogens with zero attached hydrogens (tertiary/aromatic N) is 5. The van der Waals surface area contributed by atoms with Crippen LogP contribution in [0.4, 0.5) is 0 Å². The molecule has 2 heterocycles. The molecule has 0 saturated carbocycles. The molecule has 20 heavy (non-hydrogen) atoms. The van der Waals surface area contributed by atoms with Crippen LogP contribution in [0.25, 0.3) is 5.69 Å². The summed E-state index contributed by atoms with van der Waals surface area (Å²) >= 11 is 0. The Kier molecular flexibility index (Phi) is 3.53. The van der Waals surface area contributed by atoms with Crippen LogP contribution in [0.2, 0.25) is 0 Å². The number of nitriles is 1. The van der Waals surface area contributed by atoms with Gasteiger partial charge in [0, 0.05) is 26.0 Å². The number of aryl methyl sites for hydroxylation is 2. The maximum atomic E-state index is 11.9. The van der Waals surface area contributed by atoms with Crippen LogP contribution in [0.1, 0.15) is 27.4 Å². The highest BCUT2D eigenvalue weighted by Crippen LogP contribution is 2.17. The molecule has 2 aromatic heterocycles. The lowest BCUT2D eigenvalue weighted by Crippen LogP contribution is -2.22. The third-order valence-electron chi connectivity index (χ3n) is 2.88. The van der Waals surface area contributed by atoms with E-state index in [9.17, 15) is 10.1 Å². The van der Waals surface area contributed by atoms with Crippen molar-refractivity contribution in [2.75, 3.05) is 14.1 Å². The quantitative estimate of drug-likeness (QED) is 0.827. The predicted molar refractivity (Wildman–Crippen MR) is 73.6 cm³/mol. The lowest BCUT2D eigenvalue weighted by atomic mass is 10.1. The fourth-order valence-electron chi connectivity index (χ4n) is 1.93. The zero-order chi connectivity index (χ0) is 14.9. The van der Waals surface area contributed by atoms with Crippen molar-refractivity contribution in [3.8, 4) is 11.8 Å². The van der Waals surface area contributed by atoms with E-state index in [1.807, 2.05) is 6.92 Å². The Balaban J connectivity index is 2.53. The molecule has 2 aromatic rings. The van der Waals surface area contributed by atoms with E-state index in [4.69, 9.17) is 0 Å². The normalized spacial score (nSPS) is 10.2. The van der Waals surface area contributed by atoms with Crippen molar-refractivity contribution in [3.05, 3.63) is 41.0 Å². The van der Waals surface area contributed by atoms with Crippen molar-refractivity contribution in [2.45, 2.75) is 13.8 Å². The Morgan fingerprint density at radius 3 is 2.70 bits per heavy atom. The zero-order valence-corrected chi connectivity index (χ0v) is 11.9. The molecule has 6 nitrogen and oxygen atoms in total. The van der Waals surface area contributed by atoms with Crippen molar-refractivity contribution < 1.29 is 4.79 Å². The molecule has 0 atom stereocenters. The Hall–Kier alpha value is -2.68. The van der Waals surface area contributed by atoms with Gasteiger partial charge in [-0.3, -0.25) is 9.78 Å². The molecular formula is C14H15N5O. The lowest BCUT2D eigenvalue weighted by Gasteiger charge is -2.09. The topological polar surface area (TPSA) is 74.8 Å². The van der Waals surface area contributed by atoms with Gasteiger partial charge in [0.1, 0.15) is 6.07 Å². The number of aromatic nitrogens is 3. The molecule has 0 unspecified atom stereocenters. The highest BCUT2D eigenvalue weighted by atomic mass is 16.2. The van der Waals surface area contributed by atoms with Crippen LogP contribution in [-0.2, 0) is 0 Å². The zero-order valence-electron chi connectivity index (χ0n) is 11.9. The van der Waals surface area contributed by atoms with Crippen molar-refractivity contribution in [1.82, 2.24) is 19.7 Å². The number of hydrogen-bond donors (Lipinski definition) is 0. The van der Waals surface area contributed by atoms with Gasteiger partial charge in [-0.2, -0.15) is 10.4 Å². The maximum Gasteiger partial charge on any atom is 0.273 e. The fraction of sp³-hybridized carbons (Fsp3) is 0.286. The summed E-state index contributed by atoms with van der Waals surface area (Å²) in [4.78, 5) is 17.6. The van der Waals surface area contributed by atoms with Gasteiger partial charge in [-0.05, 0) is 26.0 Å². The minimum absolute atomic E-state index is 0.176. The Morgan fingerprint density at radius 2 is 2.10 bits per heavy atom. The van der Waals surface area contributed by atoms with Gasteiger partial charge >= 0.3 is 0 Å². The summed E-state index contributed by atoms with van der Waals surface area (Å²) in [6.07, 6.45) is 1.67. The molecule has 0 aliphatic rings. The first-order valence-corrected chi connectivity index (χ1v) is 6.10. The monoisotopic (exact) mass is 269 g/mol. The second kappa shape index (κ2) is 5.13. The second-order valence-electron chi connectivity index (χ2n) is 4.70. The number of pyridine rings is 1. The van der Waals surface area contributed by atoms with E-state index in [-0.39, 0.29) is 5.91 Å². The van der Waals surface area contributed by atoms with E-state index in [1.165, 1.54) is 9.58 Å². The van der Waals surface area contributed by atoms with Crippen molar-refractivity contribution in [3.63, 3.8) is 0 Å². The van der Waals surface area contributed by atoms with E-state index in [2.05, 4.69) is 16.2 Å². The van der Waals surface area contributed by atoms with Gasteiger partial charge in [-0.25, -0.2) is 4.68 Å². The highest BCUT2D eigenvalue weighted by molar-refractivity contribution is 5.91. The molecule has 0 bridgehead atoms. The van der Waals surface area contributed by atoms with Crippen LogP contribution >= 0.6 is 0 Å². The molecule has 0 aliphatic carbocycles. The molecule has 0 spiro atoms. The second-order valence-corrected chi connectivity index (χ2v) is 4.70. The Bertz CT molecular complexity index is 709. The van der Waals surface area contributed by atoms with Crippen molar-refractivity contribution >= 4 is 5.91 Å². The summed E-state index contributed by atoms with van der Waals surface area (Å²) < 4.78 is 1.54. The number of rotatable bonds is 2. The van der Waals surface area contributed by atoms with Crippen LogP contribution < -0.4 is 0 Å². The summed E-state index contributed by atoms with van der Waals surface area (Å²) in [5.41, 5.74) is 2.88. The number of hydrogen-bond acceptors (Lipinski definition) is 4. The van der Waals surface area contributed by atoms with Gasteiger partial charge in [0.05, 0.1) is 16.9 Å². The van der Waals surface area contributed by atoms with Crippen LogP contribution in [0.3, 0.4) is 0 Å². The summed E-state index contributed by atoms with van der Waals surface area (Å²) in [5, 5.41) is 13.5. The average molecular weight is 269 g/mol. The summed E-state index contributed by atoms with van der Waals surface area (Å²) in [5.74, 6) is -0.176. The summed E-state index contributed by atoms with van der Waals surface area (Å²) in [7, 11) is 3.34. The molecular weight excluding hydrogens is 254 g/mol. The number of amides is 1. The molecule has 2 rings (SSSR count). The van der Waals surface area contributed by atoms with Crippen LogP contribution in [0, 0.1) is 25.2 Å². The first-order valence-electron chi connectivity index (χ1n) is 6.10. The standard InChI is InChI=1S/C14H15N5O/c1-9-7-13(11(8-15)10(2)16-9)19-6-5-12(17-19)14(20)18(3)4/h5-7H,1-4H3. The van der Waals surface area contributed by atoms with Gasteiger partial charge in [-0.1, -0.05) is 0 Å². The fourth-order valence-corrected chi connectivity index (χ4v) is 1.93. The SMILES string of the molecule is Cc1cc(-n2ccc(C(=O)N(C)C)n2)c(C#N)c(C)n1. The van der Waals surface area contributed by atoms with Crippen molar-refractivity contribution in [2.24, 2.45) is 0 Å². The van der Waals surface area contributed by atoms with Gasteiger partial charge in [0.15, 0.2) is 5.69 Å². The first-order chi connectivity index (χ1) is 9.43. The Labute approximate surface area is 117 Å². The van der Waals surface area contributed by atoms with Gasteiger partial charge in [0.2, 0.25) is 0 Å². The molecule has 0 aliphatic heterocycles. The molecule has 0 saturated heterocycles. The van der Waals surface area contributed by atoms with E-state index >= 15 is 0 Å². The van der Waals surface area contributed by atoms with Crippen LogP contribution in [0.15, 0.2) is 18.3 Å². The molecule has 102 valence electrons.